The van der Waals surface area contributed by atoms with Crippen LogP contribution in [0, 0.1) is 5.82 Å². The van der Waals surface area contributed by atoms with E-state index in [9.17, 15) is 4.39 Å². The minimum absolute atomic E-state index is 0.325. The van der Waals surface area contributed by atoms with E-state index >= 15 is 0 Å². The lowest BCUT2D eigenvalue weighted by molar-refractivity contribution is 0.628. The predicted octanol–water partition coefficient (Wildman–Crippen LogP) is 4.49. The first-order valence-corrected chi connectivity index (χ1v) is 8.50. The maximum absolute atomic E-state index is 14.1. The molecule has 0 amide bonds. The maximum Gasteiger partial charge on any atom is 0.214 e. The fourth-order valence-electron chi connectivity index (χ4n) is 2.28. The molecule has 23 heavy (non-hydrogen) atoms. The highest BCUT2D eigenvalue weighted by molar-refractivity contribution is 9.10. The molecular formula is C16H10BrFN4S. The molecule has 4 nitrogen and oxygen atoms in total. The van der Waals surface area contributed by atoms with Crippen molar-refractivity contribution in [1.29, 1.82) is 0 Å². The Bertz CT molecular complexity index is 905. The van der Waals surface area contributed by atoms with Crippen LogP contribution in [0.15, 0.2) is 63.6 Å². The molecule has 2 aromatic carbocycles. The van der Waals surface area contributed by atoms with Gasteiger partial charge >= 0.3 is 0 Å². The summed E-state index contributed by atoms with van der Waals surface area (Å²) in [7, 11) is 0. The first-order chi connectivity index (χ1) is 11.2. The summed E-state index contributed by atoms with van der Waals surface area (Å²) >= 11 is 4.88. The highest BCUT2D eigenvalue weighted by Gasteiger charge is 2.21. The zero-order valence-electron chi connectivity index (χ0n) is 11.7. The van der Waals surface area contributed by atoms with Crippen molar-refractivity contribution < 1.29 is 4.39 Å². The Morgan fingerprint density at radius 3 is 2.61 bits per heavy atom. The average molecular weight is 389 g/mol. The number of hydrogen-bond acceptors (Lipinski definition) is 4. The quantitative estimate of drug-likeness (QED) is 0.701. The van der Waals surface area contributed by atoms with Gasteiger partial charge in [0.2, 0.25) is 5.16 Å². The van der Waals surface area contributed by atoms with Gasteiger partial charge in [-0.3, -0.25) is 5.43 Å². The summed E-state index contributed by atoms with van der Waals surface area (Å²) in [6.07, 6.45) is 0. The minimum Gasteiger partial charge on any atom is -0.289 e. The number of fused-ring (bicyclic) bond motifs is 1. The number of nitrogens with one attached hydrogen (secondary N) is 1. The van der Waals surface area contributed by atoms with Gasteiger partial charge < -0.3 is 0 Å². The Hall–Kier alpha value is -2.12. The van der Waals surface area contributed by atoms with E-state index in [0.29, 0.717) is 16.5 Å². The third-order valence-corrected chi connectivity index (χ3v) is 4.78. The molecule has 4 rings (SSSR count). The van der Waals surface area contributed by atoms with Crippen LogP contribution in [0.4, 0.5) is 4.39 Å². The van der Waals surface area contributed by atoms with E-state index in [2.05, 4.69) is 31.6 Å². The molecule has 1 aliphatic heterocycles. The van der Waals surface area contributed by atoms with Crippen LogP contribution in [-0.2, 0) is 0 Å². The number of nitrogens with zero attached hydrogens (tertiary/aromatic N) is 3. The molecule has 1 aliphatic rings. The normalized spacial score (nSPS) is 13.2. The highest BCUT2D eigenvalue weighted by Crippen LogP contribution is 2.32. The third kappa shape index (κ3) is 2.66. The summed E-state index contributed by atoms with van der Waals surface area (Å²) in [5.74, 6) is 0.127. The van der Waals surface area contributed by atoms with Crippen molar-refractivity contribution in [2.24, 2.45) is 0 Å². The molecule has 0 saturated heterocycles. The van der Waals surface area contributed by atoms with Crippen molar-refractivity contribution in [3.8, 4) is 11.4 Å². The number of aromatic nitrogens is 3. The standard InChI is InChI=1S/C16H10BrFN4S/c17-11-7-5-10(6-8-11)14-9-23-16-20-19-15(22(16)21-14)12-3-1-2-4-13(12)18/h1-9,21H. The summed E-state index contributed by atoms with van der Waals surface area (Å²) in [5.41, 5.74) is 5.61. The van der Waals surface area contributed by atoms with Crippen LogP contribution >= 0.6 is 27.7 Å². The van der Waals surface area contributed by atoms with Crippen LogP contribution in [0.2, 0.25) is 0 Å². The molecule has 0 unspecified atom stereocenters. The predicted molar refractivity (Wildman–Crippen MR) is 92.8 cm³/mol. The first-order valence-electron chi connectivity index (χ1n) is 6.82. The SMILES string of the molecule is Fc1ccccc1-c1nnc2n1NC(c1ccc(Br)cc1)=CS2. The number of hydrogen-bond donors (Lipinski definition) is 1. The van der Waals surface area contributed by atoms with Crippen molar-refractivity contribution in [3.05, 3.63) is 69.8 Å². The molecule has 0 atom stereocenters. The zero-order valence-corrected chi connectivity index (χ0v) is 14.1. The number of thioether (sulfide) groups is 1. The summed E-state index contributed by atoms with van der Waals surface area (Å²) in [5, 5.41) is 10.9. The fraction of sp³-hybridized carbons (Fsp3) is 0. The van der Waals surface area contributed by atoms with E-state index in [0.717, 1.165) is 15.7 Å². The lowest BCUT2D eigenvalue weighted by Gasteiger charge is -2.19. The molecule has 3 aromatic rings. The molecule has 0 radical (unpaired) electrons. The van der Waals surface area contributed by atoms with Crippen LogP contribution < -0.4 is 5.43 Å². The van der Waals surface area contributed by atoms with Crippen molar-refractivity contribution in [2.75, 3.05) is 5.43 Å². The first kappa shape index (κ1) is 14.5. The monoisotopic (exact) mass is 388 g/mol. The molecule has 1 N–H and O–H groups in total. The molecule has 1 aromatic heterocycles. The van der Waals surface area contributed by atoms with Gasteiger partial charge in [-0.05, 0) is 24.3 Å². The van der Waals surface area contributed by atoms with Crippen LogP contribution in [-0.4, -0.2) is 14.9 Å². The Kier molecular flexibility index (Phi) is 3.66. The van der Waals surface area contributed by atoms with Crippen LogP contribution in [0.3, 0.4) is 0 Å². The van der Waals surface area contributed by atoms with Crippen molar-refractivity contribution >= 4 is 33.4 Å². The topological polar surface area (TPSA) is 42.7 Å². The van der Waals surface area contributed by atoms with E-state index in [4.69, 9.17) is 0 Å². The summed E-state index contributed by atoms with van der Waals surface area (Å²) in [6.45, 7) is 0. The molecular weight excluding hydrogens is 379 g/mol. The molecule has 0 bridgehead atoms. The Balaban J connectivity index is 1.73. The number of rotatable bonds is 2. The Labute approximate surface area is 144 Å². The molecule has 2 heterocycles. The van der Waals surface area contributed by atoms with Gasteiger partial charge in [0, 0.05) is 15.4 Å². The van der Waals surface area contributed by atoms with E-state index in [1.54, 1.807) is 22.9 Å². The van der Waals surface area contributed by atoms with Gasteiger partial charge in [-0.15, -0.1) is 10.2 Å². The van der Waals surface area contributed by atoms with Gasteiger partial charge in [0.15, 0.2) is 5.82 Å². The second-order valence-corrected chi connectivity index (χ2v) is 6.64. The lowest BCUT2D eigenvalue weighted by Crippen LogP contribution is -2.18. The third-order valence-electron chi connectivity index (χ3n) is 3.42. The smallest absolute Gasteiger partial charge is 0.214 e. The van der Waals surface area contributed by atoms with Gasteiger partial charge in [0.05, 0.1) is 11.3 Å². The second-order valence-electron chi connectivity index (χ2n) is 4.89. The van der Waals surface area contributed by atoms with Crippen molar-refractivity contribution in [2.45, 2.75) is 5.16 Å². The van der Waals surface area contributed by atoms with E-state index in [-0.39, 0.29) is 5.82 Å². The fourth-order valence-corrected chi connectivity index (χ4v) is 3.29. The summed E-state index contributed by atoms with van der Waals surface area (Å²) in [4.78, 5) is 0. The Morgan fingerprint density at radius 1 is 1.04 bits per heavy atom. The summed E-state index contributed by atoms with van der Waals surface area (Å²) in [6, 6.07) is 14.5. The molecule has 0 aliphatic carbocycles. The van der Waals surface area contributed by atoms with Gasteiger partial charge in [-0.25, -0.2) is 9.07 Å². The second kappa shape index (κ2) is 5.82. The number of benzene rings is 2. The van der Waals surface area contributed by atoms with E-state index in [1.165, 1.54) is 17.8 Å². The van der Waals surface area contributed by atoms with Crippen molar-refractivity contribution in [3.63, 3.8) is 0 Å². The Morgan fingerprint density at radius 2 is 1.83 bits per heavy atom. The minimum atomic E-state index is -0.325. The van der Waals surface area contributed by atoms with Crippen LogP contribution in [0.25, 0.3) is 17.1 Å². The van der Waals surface area contributed by atoms with E-state index in [1.807, 2.05) is 29.7 Å². The molecule has 114 valence electrons. The number of halogens is 2. The molecule has 0 spiro atoms. The summed E-state index contributed by atoms with van der Waals surface area (Å²) < 4.78 is 16.8. The van der Waals surface area contributed by atoms with Gasteiger partial charge in [0.1, 0.15) is 5.82 Å². The van der Waals surface area contributed by atoms with Crippen LogP contribution in [0.1, 0.15) is 5.56 Å². The van der Waals surface area contributed by atoms with Gasteiger partial charge in [-0.2, -0.15) is 0 Å². The van der Waals surface area contributed by atoms with Crippen LogP contribution in [0.5, 0.6) is 0 Å². The highest BCUT2D eigenvalue weighted by atomic mass is 79.9. The molecule has 7 heteroatoms. The largest absolute Gasteiger partial charge is 0.289 e. The maximum atomic E-state index is 14.1. The van der Waals surface area contributed by atoms with Crippen molar-refractivity contribution in [1.82, 2.24) is 14.9 Å². The van der Waals surface area contributed by atoms with E-state index < -0.39 is 0 Å². The lowest BCUT2D eigenvalue weighted by atomic mass is 10.2. The molecule has 0 fully saturated rings. The van der Waals surface area contributed by atoms with Gasteiger partial charge in [0.25, 0.3) is 0 Å². The molecule has 0 saturated carbocycles. The zero-order chi connectivity index (χ0) is 15.8. The average Bonchev–Trinajstić information content (AvgIpc) is 2.99. The van der Waals surface area contributed by atoms with Gasteiger partial charge in [-0.1, -0.05) is 52.0 Å².